The largest absolute Gasteiger partial charge is 0.478 e. The van der Waals surface area contributed by atoms with E-state index in [9.17, 15) is 4.79 Å². The number of thiophene rings is 1. The van der Waals surface area contributed by atoms with Gasteiger partial charge in [0.05, 0.1) is 11.7 Å². The molecule has 0 saturated carbocycles. The Kier molecular flexibility index (Phi) is 2.94. The molecule has 0 saturated heterocycles. The Labute approximate surface area is 97.3 Å². The molecule has 1 heterocycles. The predicted molar refractivity (Wildman–Crippen MR) is 64.2 cm³/mol. The highest BCUT2D eigenvalue weighted by Gasteiger charge is 2.12. The molecule has 0 aliphatic heterocycles. The molecule has 0 radical (unpaired) electrons. The standard InChI is InChI=1S/C12H12O3S/c1-7(15-2)10-6-16-11-5-8(12(13)14)3-4-9(10)11/h3-7H,1-2H3,(H,13,14). The monoisotopic (exact) mass is 236 g/mol. The molecular formula is C12H12O3S. The molecule has 0 spiro atoms. The Balaban J connectivity index is 2.54. The molecule has 1 N–H and O–H groups in total. The number of carbonyl (C=O) groups is 1. The van der Waals surface area contributed by atoms with E-state index in [1.807, 2.05) is 18.4 Å². The van der Waals surface area contributed by atoms with E-state index in [0.29, 0.717) is 5.56 Å². The fraction of sp³-hybridized carbons (Fsp3) is 0.250. The number of ether oxygens (including phenoxy) is 1. The number of hydrogen-bond donors (Lipinski definition) is 1. The van der Waals surface area contributed by atoms with Crippen molar-refractivity contribution in [1.29, 1.82) is 0 Å². The second kappa shape index (κ2) is 4.23. The van der Waals surface area contributed by atoms with Crippen LogP contribution >= 0.6 is 11.3 Å². The minimum Gasteiger partial charge on any atom is -0.478 e. The number of carboxylic acids is 1. The first-order valence-corrected chi connectivity index (χ1v) is 5.78. The van der Waals surface area contributed by atoms with Crippen molar-refractivity contribution in [2.45, 2.75) is 13.0 Å². The van der Waals surface area contributed by atoms with Crippen LogP contribution in [0.1, 0.15) is 28.9 Å². The van der Waals surface area contributed by atoms with Crippen LogP contribution in [-0.4, -0.2) is 18.2 Å². The number of hydrogen-bond acceptors (Lipinski definition) is 3. The Morgan fingerprint density at radius 2 is 2.25 bits per heavy atom. The van der Waals surface area contributed by atoms with Crippen molar-refractivity contribution in [2.24, 2.45) is 0 Å². The average Bonchev–Trinajstić information content (AvgIpc) is 2.70. The lowest BCUT2D eigenvalue weighted by molar-refractivity contribution is 0.0697. The molecular weight excluding hydrogens is 224 g/mol. The van der Waals surface area contributed by atoms with Crippen molar-refractivity contribution in [2.75, 3.05) is 7.11 Å². The minimum atomic E-state index is -0.892. The maximum absolute atomic E-state index is 10.8. The van der Waals surface area contributed by atoms with Gasteiger partial charge < -0.3 is 9.84 Å². The van der Waals surface area contributed by atoms with Gasteiger partial charge >= 0.3 is 5.97 Å². The van der Waals surface area contributed by atoms with Gasteiger partial charge in [-0.1, -0.05) is 6.07 Å². The maximum Gasteiger partial charge on any atom is 0.335 e. The predicted octanol–water partition coefficient (Wildman–Crippen LogP) is 3.31. The Morgan fingerprint density at radius 1 is 1.50 bits per heavy atom. The molecule has 1 aromatic carbocycles. The number of fused-ring (bicyclic) bond motifs is 1. The molecule has 1 aromatic heterocycles. The number of benzene rings is 1. The van der Waals surface area contributed by atoms with Crippen LogP contribution in [0, 0.1) is 0 Å². The molecule has 0 bridgehead atoms. The lowest BCUT2D eigenvalue weighted by atomic mass is 10.1. The topological polar surface area (TPSA) is 46.5 Å². The van der Waals surface area contributed by atoms with E-state index in [-0.39, 0.29) is 6.10 Å². The summed E-state index contributed by atoms with van der Waals surface area (Å²) >= 11 is 1.55. The highest BCUT2D eigenvalue weighted by Crippen LogP contribution is 2.32. The third-order valence-electron chi connectivity index (χ3n) is 2.64. The van der Waals surface area contributed by atoms with Crippen molar-refractivity contribution >= 4 is 27.4 Å². The molecule has 84 valence electrons. The minimum absolute atomic E-state index is 0.0319. The van der Waals surface area contributed by atoms with Crippen molar-refractivity contribution in [3.05, 3.63) is 34.7 Å². The van der Waals surface area contributed by atoms with Crippen molar-refractivity contribution in [3.8, 4) is 0 Å². The summed E-state index contributed by atoms with van der Waals surface area (Å²) in [5.41, 5.74) is 1.44. The van der Waals surface area contributed by atoms with Gasteiger partial charge in [-0.3, -0.25) is 0 Å². The quantitative estimate of drug-likeness (QED) is 0.889. The third-order valence-corrected chi connectivity index (χ3v) is 3.61. The average molecular weight is 236 g/mol. The van der Waals surface area contributed by atoms with Gasteiger partial charge in [0.1, 0.15) is 0 Å². The zero-order valence-corrected chi connectivity index (χ0v) is 9.88. The van der Waals surface area contributed by atoms with Crippen LogP contribution in [0.15, 0.2) is 23.6 Å². The molecule has 1 atom stereocenters. The van der Waals surface area contributed by atoms with Crippen LogP contribution in [0.3, 0.4) is 0 Å². The van der Waals surface area contributed by atoms with Crippen LogP contribution in [-0.2, 0) is 4.74 Å². The highest BCUT2D eigenvalue weighted by molar-refractivity contribution is 7.17. The van der Waals surface area contributed by atoms with E-state index in [4.69, 9.17) is 9.84 Å². The first-order valence-electron chi connectivity index (χ1n) is 4.90. The Hall–Kier alpha value is -1.39. The van der Waals surface area contributed by atoms with Crippen LogP contribution < -0.4 is 0 Å². The smallest absolute Gasteiger partial charge is 0.335 e. The molecule has 1 unspecified atom stereocenters. The van der Waals surface area contributed by atoms with Crippen LogP contribution in [0.25, 0.3) is 10.1 Å². The summed E-state index contributed by atoms with van der Waals surface area (Å²) in [7, 11) is 1.67. The molecule has 0 aliphatic rings. The Morgan fingerprint density at radius 3 is 2.88 bits per heavy atom. The van der Waals surface area contributed by atoms with Crippen molar-refractivity contribution in [1.82, 2.24) is 0 Å². The summed E-state index contributed by atoms with van der Waals surface area (Å²) in [6, 6.07) is 5.18. The van der Waals surface area contributed by atoms with Gasteiger partial charge in [0.15, 0.2) is 0 Å². The van der Waals surface area contributed by atoms with Crippen molar-refractivity contribution in [3.63, 3.8) is 0 Å². The number of rotatable bonds is 3. The molecule has 3 nitrogen and oxygen atoms in total. The fourth-order valence-electron chi connectivity index (χ4n) is 1.62. The Bertz CT molecular complexity index is 530. The first-order chi connectivity index (χ1) is 7.63. The van der Waals surface area contributed by atoms with Crippen LogP contribution in [0.5, 0.6) is 0 Å². The van der Waals surface area contributed by atoms with Crippen molar-refractivity contribution < 1.29 is 14.6 Å². The van der Waals surface area contributed by atoms with E-state index in [0.717, 1.165) is 15.6 Å². The number of methoxy groups -OCH3 is 1. The SMILES string of the molecule is COC(C)c1csc2cc(C(=O)O)ccc12. The highest BCUT2D eigenvalue weighted by atomic mass is 32.1. The lowest BCUT2D eigenvalue weighted by Crippen LogP contribution is -1.96. The van der Waals surface area contributed by atoms with E-state index >= 15 is 0 Å². The van der Waals surface area contributed by atoms with Gasteiger partial charge in [0.25, 0.3) is 0 Å². The summed E-state index contributed by atoms with van der Waals surface area (Å²) in [6.07, 6.45) is 0.0319. The zero-order valence-electron chi connectivity index (χ0n) is 9.06. The molecule has 0 amide bonds. The summed E-state index contributed by atoms with van der Waals surface area (Å²) in [5.74, 6) is -0.892. The van der Waals surface area contributed by atoms with Crippen LogP contribution in [0.4, 0.5) is 0 Å². The van der Waals surface area contributed by atoms with E-state index in [1.54, 1.807) is 30.6 Å². The normalized spacial score (nSPS) is 12.9. The zero-order chi connectivity index (χ0) is 11.7. The fourth-order valence-corrected chi connectivity index (χ4v) is 2.70. The molecule has 2 rings (SSSR count). The molecule has 0 aliphatic carbocycles. The summed E-state index contributed by atoms with van der Waals surface area (Å²) in [5, 5.41) is 12.0. The molecule has 0 fully saturated rings. The molecule has 4 heteroatoms. The summed E-state index contributed by atoms with van der Waals surface area (Å²) in [4.78, 5) is 10.8. The van der Waals surface area contributed by atoms with Gasteiger partial charge in [-0.15, -0.1) is 11.3 Å². The second-order valence-electron chi connectivity index (χ2n) is 3.59. The lowest BCUT2D eigenvalue weighted by Gasteiger charge is -2.07. The summed E-state index contributed by atoms with van der Waals surface area (Å²) < 4.78 is 6.26. The second-order valence-corrected chi connectivity index (χ2v) is 4.50. The maximum atomic E-state index is 10.8. The van der Waals surface area contributed by atoms with Gasteiger partial charge in [-0.25, -0.2) is 4.79 Å². The van der Waals surface area contributed by atoms with Gasteiger partial charge in [-0.2, -0.15) is 0 Å². The first kappa shape index (κ1) is 11.1. The van der Waals surface area contributed by atoms with Crippen LogP contribution in [0.2, 0.25) is 0 Å². The van der Waals surface area contributed by atoms with E-state index in [2.05, 4.69) is 0 Å². The summed E-state index contributed by atoms with van der Waals surface area (Å²) in [6.45, 7) is 1.98. The number of aromatic carboxylic acids is 1. The van der Waals surface area contributed by atoms with E-state index < -0.39 is 5.97 Å². The third kappa shape index (κ3) is 1.81. The number of carboxylic acid groups (broad SMARTS) is 1. The van der Waals surface area contributed by atoms with Gasteiger partial charge in [-0.05, 0) is 35.4 Å². The van der Waals surface area contributed by atoms with Gasteiger partial charge in [0.2, 0.25) is 0 Å². The van der Waals surface area contributed by atoms with E-state index in [1.165, 1.54) is 0 Å². The van der Waals surface area contributed by atoms with Gasteiger partial charge in [0, 0.05) is 11.8 Å². The molecule has 2 aromatic rings. The molecule has 16 heavy (non-hydrogen) atoms.